The van der Waals surface area contributed by atoms with Gasteiger partial charge < -0.3 is 9.64 Å². The summed E-state index contributed by atoms with van der Waals surface area (Å²) >= 11 is 0. The van der Waals surface area contributed by atoms with E-state index in [9.17, 15) is 4.79 Å². The SMILES string of the molecule is N#CCCN(CCN1CCOCC1)C(=O)[C@H]1CCCc2ccccc21. The van der Waals surface area contributed by atoms with Crippen LogP contribution >= 0.6 is 0 Å². The molecule has 0 unspecified atom stereocenters. The van der Waals surface area contributed by atoms with Gasteiger partial charge in [0.2, 0.25) is 5.91 Å². The Morgan fingerprint density at radius 3 is 2.88 bits per heavy atom. The van der Waals surface area contributed by atoms with Crippen molar-refractivity contribution in [3.63, 3.8) is 0 Å². The Labute approximate surface area is 150 Å². The van der Waals surface area contributed by atoms with Gasteiger partial charge in [-0.25, -0.2) is 0 Å². The molecule has 25 heavy (non-hydrogen) atoms. The van der Waals surface area contributed by atoms with Gasteiger partial charge in [-0.1, -0.05) is 24.3 Å². The van der Waals surface area contributed by atoms with E-state index in [1.54, 1.807) is 0 Å². The Hall–Kier alpha value is -1.90. The summed E-state index contributed by atoms with van der Waals surface area (Å²) in [5.41, 5.74) is 2.49. The first-order valence-corrected chi connectivity index (χ1v) is 9.33. The maximum absolute atomic E-state index is 13.2. The highest BCUT2D eigenvalue weighted by Crippen LogP contribution is 2.32. The molecule has 1 fully saturated rings. The van der Waals surface area contributed by atoms with Crippen molar-refractivity contribution in [1.29, 1.82) is 5.26 Å². The fourth-order valence-corrected chi connectivity index (χ4v) is 3.83. The van der Waals surface area contributed by atoms with E-state index in [0.717, 1.165) is 52.1 Å². The third kappa shape index (κ3) is 4.59. The molecule has 1 amide bonds. The number of aryl methyl sites for hydroxylation is 1. The van der Waals surface area contributed by atoms with Crippen LogP contribution in [0.4, 0.5) is 0 Å². The first-order chi connectivity index (χ1) is 12.3. The molecule has 1 saturated heterocycles. The number of morpholine rings is 1. The number of nitrogens with zero attached hydrogens (tertiary/aromatic N) is 3. The van der Waals surface area contributed by atoms with Crippen molar-refractivity contribution in [2.45, 2.75) is 31.6 Å². The van der Waals surface area contributed by atoms with Crippen molar-refractivity contribution in [2.24, 2.45) is 0 Å². The Morgan fingerprint density at radius 1 is 1.28 bits per heavy atom. The molecule has 1 aromatic carbocycles. The normalized spacial score (nSPS) is 20.5. The van der Waals surface area contributed by atoms with E-state index >= 15 is 0 Å². The summed E-state index contributed by atoms with van der Waals surface area (Å²) in [6.07, 6.45) is 3.43. The quantitative estimate of drug-likeness (QED) is 0.796. The largest absolute Gasteiger partial charge is 0.379 e. The van der Waals surface area contributed by atoms with Gasteiger partial charge >= 0.3 is 0 Å². The molecule has 0 aromatic heterocycles. The number of fused-ring (bicyclic) bond motifs is 1. The van der Waals surface area contributed by atoms with Crippen LogP contribution in [0.25, 0.3) is 0 Å². The molecular weight excluding hydrogens is 314 g/mol. The third-order valence-corrected chi connectivity index (χ3v) is 5.26. The molecule has 0 spiro atoms. The van der Waals surface area contributed by atoms with Crippen LogP contribution in [0.1, 0.15) is 36.3 Å². The fourth-order valence-electron chi connectivity index (χ4n) is 3.83. The second-order valence-electron chi connectivity index (χ2n) is 6.83. The lowest BCUT2D eigenvalue weighted by Crippen LogP contribution is -2.44. The lowest BCUT2D eigenvalue weighted by Gasteiger charge is -2.33. The molecule has 1 aliphatic carbocycles. The molecule has 134 valence electrons. The van der Waals surface area contributed by atoms with Crippen LogP contribution in [0.2, 0.25) is 0 Å². The zero-order valence-corrected chi connectivity index (χ0v) is 14.8. The van der Waals surface area contributed by atoms with Crippen LogP contribution in [0.5, 0.6) is 0 Å². The summed E-state index contributed by atoms with van der Waals surface area (Å²) in [7, 11) is 0. The predicted molar refractivity (Wildman–Crippen MR) is 96.2 cm³/mol. The van der Waals surface area contributed by atoms with Crippen molar-refractivity contribution in [3.8, 4) is 6.07 Å². The molecule has 1 heterocycles. The number of amides is 1. The molecular formula is C20H27N3O2. The average molecular weight is 341 g/mol. The third-order valence-electron chi connectivity index (χ3n) is 5.26. The minimum atomic E-state index is -0.0478. The van der Waals surface area contributed by atoms with Crippen molar-refractivity contribution in [1.82, 2.24) is 9.80 Å². The molecule has 0 radical (unpaired) electrons. The lowest BCUT2D eigenvalue weighted by molar-refractivity contribution is -0.133. The van der Waals surface area contributed by atoms with E-state index < -0.39 is 0 Å². The number of benzene rings is 1. The predicted octanol–water partition coefficient (Wildman–Crippen LogP) is 2.18. The van der Waals surface area contributed by atoms with Gasteiger partial charge in [-0.05, 0) is 30.4 Å². The number of hydrogen-bond acceptors (Lipinski definition) is 4. The monoisotopic (exact) mass is 341 g/mol. The minimum Gasteiger partial charge on any atom is -0.379 e. The molecule has 2 aliphatic rings. The molecule has 0 saturated carbocycles. The zero-order valence-electron chi connectivity index (χ0n) is 14.8. The van der Waals surface area contributed by atoms with E-state index in [1.165, 1.54) is 11.1 Å². The molecule has 1 aliphatic heterocycles. The number of carbonyl (C=O) groups is 1. The highest BCUT2D eigenvalue weighted by molar-refractivity contribution is 5.84. The molecule has 5 heteroatoms. The second kappa shape index (κ2) is 8.98. The molecule has 0 N–H and O–H groups in total. The number of hydrogen-bond donors (Lipinski definition) is 0. The van der Waals surface area contributed by atoms with E-state index in [1.807, 2.05) is 11.0 Å². The Bertz CT molecular complexity index is 620. The summed E-state index contributed by atoms with van der Waals surface area (Å²) in [6.45, 7) is 5.45. The maximum atomic E-state index is 13.2. The Kier molecular flexibility index (Phi) is 6.43. The van der Waals surface area contributed by atoms with Gasteiger partial charge in [-0.3, -0.25) is 9.69 Å². The molecule has 5 nitrogen and oxygen atoms in total. The van der Waals surface area contributed by atoms with E-state index in [0.29, 0.717) is 19.5 Å². The number of ether oxygens (including phenoxy) is 1. The van der Waals surface area contributed by atoms with Crippen LogP contribution in [-0.2, 0) is 16.0 Å². The van der Waals surface area contributed by atoms with Gasteiger partial charge in [-0.2, -0.15) is 5.26 Å². The van der Waals surface area contributed by atoms with Crippen LogP contribution in [-0.4, -0.2) is 61.6 Å². The summed E-state index contributed by atoms with van der Waals surface area (Å²) in [6, 6.07) is 10.5. The van der Waals surface area contributed by atoms with Crippen molar-refractivity contribution in [2.75, 3.05) is 45.9 Å². The van der Waals surface area contributed by atoms with E-state index in [2.05, 4.69) is 29.2 Å². The summed E-state index contributed by atoms with van der Waals surface area (Å²) in [5.74, 6) is 0.143. The lowest BCUT2D eigenvalue weighted by atomic mass is 9.82. The highest BCUT2D eigenvalue weighted by atomic mass is 16.5. The number of carbonyl (C=O) groups excluding carboxylic acids is 1. The first-order valence-electron chi connectivity index (χ1n) is 9.33. The smallest absolute Gasteiger partial charge is 0.230 e. The average Bonchev–Trinajstić information content (AvgIpc) is 2.68. The van der Waals surface area contributed by atoms with Gasteiger partial charge in [0, 0.05) is 32.7 Å². The minimum absolute atomic E-state index is 0.0478. The number of rotatable bonds is 6. The van der Waals surface area contributed by atoms with Crippen molar-refractivity contribution in [3.05, 3.63) is 35.4 Å². The van der Waals surface area contributed by atoms with Crippen LogP contribution in [0, 0.1) is 11.3 Å². The highest BCUT2D eigenvalue weighted by Gasteiger charge is 2.29. The Balaban J connectivity index is 1.67. The first kappa shape index (κ1) is 17.9. The van der Waals surface area contributed by atoms with Crippen LogP contribution in [0.15, 0.2) is 24.3 Å². The molecule has 1 aromatic rings. The van der Waals surface area contributed by atoms with Gasteiger partial charge in [0.25, 0.3) is 0 Å². The maximum Gasteiger partial charge on any atom is 0.230 e. The van der Waals surface area contributed by atoms with Gasteiger partial charge in [0.15, 0.2) is 0 Å². The van der Waals surface area contributed by atoms with E-state index in [-0.39, 0.29) is 11.8 Å². The Morgan fingerprint density at radius 2 is 2.08 bits per heavy atom. The second-order valence-corrected chi connectivity index (χ2v) is 6.83. The van der Waals surface area contributed by atoms with Crippen molar-refractivity contribution >= 4 is 5.91 Å². The standard InChI is InChI=1S/C20H27N3O2/c21-9-4-10-23(12-11-22-13-15-25-16-14-22)20(24)19-8-3-6-17-5-1-2-7-18(17)19/h1-2,5,7,19H,3-4,6,8,10-16H2/t19-/m0/s1. The molecule has 0 bridgehead atoms. The molecule has 1 atom stereocenters. The van der Waals surface area contributed by atoms with E-state index in [4.69, 9.17) is 10.00 Å². The fraction of sp³-hybridized carbons (Fsp3) is 0.600. The van der Waals surface area contributed by atoms with Crippen molar-refractivity contribution < 1.29 is 9.53 Å². The summed E-state index contributed by atoms with van der Waals surface area (Å²) < 4.78 is 5.39. The topological polar surface area (TPSA) is 56.6 Å². The summed E-state index contributed by atoms with van der Waals surface area (Å²) in [4.78, 5) is 17.5. The van der Waals surface area contributed by atoms with Crippen LogP contribution in [0.3, 0.4) is 0 Å². The van der Waals surface area contributed by atoms with Gasteiger partial charge in [-0.15, -0.1) is 0 Å². The zero-order chi connectivity index (χ0) is 17.5. The van der Waals surface area contributed by atoms with Gasteiger partial charge in [0.1, 0.15) is 0 Å². The summed E-state index contributed by atoms with van der Waals surface area (Å²) in [5, 5.41) is 8.97. The number of nitriles is 1. The van der Waals surface area contributed by atoms with Gasteiger partial charge in [0.05, 0.1) is 31.6 Å². The van der Waals surface area contributed by atoms with Crippen LogP contribution < -0.4 is 0 Å². The molecule has 3 rings (SSSR count).